The van der Waals surface area contributed by atoms with Crippen molar-refractivity contribution >= 4 is 5.97 Å². The first-order valence-electron chi connectivity index (χ1n) is 7.97. The van der Waals surface area contributed by atoms with Gasteiger partial charge in [0.25, 0.3) is 0 Å². The molecule has 0 bridgehead atoms. The summed E-state index contributed by atoms with van der Waals surface area (Å²) in [5.74, 6) is 0.647. The van der Waals surface area contributed by atoms with Gasteiger partial charge in [0, 0.05) is 19.6 Å². The zero-order chi connectivity index (χ0) is 14.3. The molecule has 114 valence electrons. The third-order valence-electron chi connectivity index (χ3n) is 3.37. The minimum Gasteiger partial charge on any atom is -0.466 e. The van der Waals surface area contributed by atoms with Crippen molar-refractivity contribution in [2.75, 3.05) is 19.8 Å². The van der Waals surface area contributed by atoms with Crippen LogP contribution in [-0.4, -0.2) is 25.8 Å². The molecule has 0 spiro atoms. The predicted octanol–water partition coefficient (Wildman–Crippen LogP) is 4.34. The second-order valence-corrected chi connectivity index (χ2v) is 5.11. The number of carbonyl (C=O) groups is 1. The lowest BCUT2D eigenvalue weighted by molar-refractivity contribution is -0.143. The van der Waals surface area contributed by atoms with Crippen LogP contribution < -0.4 is 0 Å². The zero-order valence-corrected chi connectivity index (χ0v) is 13.1. The summed E-state index contributed by atoms with van der Waals surface area (Å²) in [6.45, 7) is 8.52. The van der Waals surface area contributed by atoms with Gasteiger partial charge < -0.3 is 9.47 Å². The third-order valence-corrected chi connectivity index (χ3v) is 3.37. The van der Waals surface area contributed by atoms with Gasteiger partial charge in [0.1, 0.15) is 0 Å². The largest absolute Gasteiger partial charge is 0.466 e. The Balaban J connectivity index is 3.31. The summed E-state index contributed by atoms with van der Waals surface area (Å²) in [6.07, 6.45) is 8.62. The van der Waals surface area contributed by atoms with E-state index in [0.717, 1.165) is 38.4 Å². The Morgan fingerprint density at radius 3 is 2.47 bits per heavy atom. The number of hydrogen-bond donors (Lipinski definition) is 0. The van der Waals surface area contributed by atoms with Crippen molar-refractivity contribution in [1.29, 1.82) is 0 Å². The number of ether oxygens (including phenoxy) is 2. The van der Waals surface area contributed by atoms with Crippen LogP contribution in [0.2, 0.25) is 0 Å². The molecule has 0 fully saturated rings. The highest BCUT2D eigenvalue weighted by atomic mass is 16.5. The van der Waals surface area contributed by atoms with Gasteiger partial charge in [-0.3, -0.25) is 4.79 Å². The van der Waals surface area contributed by atoms with Gasteiger partial charge in [-0.15, -0.1) is 0 Å². The summed E-state index contributed by atoms with van der Waals surface area (Å²) < 4.78 is 10.6. The van der Waals surface area contributed by atoms with Crippen molar-refractivity contribution < 1.29 is 14.3 Å². The van der Waals surface area contributed by atoms with Crippen LogP contribution in [-0.2, 0) is 14.3 Å². The van der Waals surface area contributed by atoms with Gasteiger partial charge in [0.15, 0.2) is 0 Å². The molecule has 3 heteroatoms. The first kappa shape index (κ1) is 18.4. The van der Waals surface area contributed by atoms with E-state index in [1.165, 1.54) is 25.7 Å². The van der Waals surface area contributed by atoms with Crippen LogP contribution >= 0.6 is 0 Å². The van der Waals surface area contributed by atoms with Crippen LogP contribution in [0.1, 0.15) is 72.1 Å². The molecule has 0 heterocycles. The predicted molar refractivity (Wildman–Crippen MR) is 79.2 cm³/mol. The van der Waals surface area contributed by atoms with Crippen molar-refractivity contribution in [3.63, 3.8) is 0 Å². The number of hydrogen-bond acceptors (Lipinski definition) is 3. The number of unbranched alkanes of at least 4 members (excludes halogenated alkanes) is 3. The minimum absolute atomic E-state index is 0.0750. The minimum atomic E-state index is -0.0750. The molecule has 0 aliphatic carbocycles. The van der Waals surface area contributed by atoms with Crippen molar-refractivity contribution in [2.45, 2.75) is 72.1 Å². The van der Waals surface area contributed by atoms with E-state index in [-0.39, 0.29) is 5.97 Å². The average Bonchev–Trinajstić information content (AvgIpc) is 2.41. The second kappa shape index (κ2) is 13.9. The molecule has 1 atom stereocenters. The first-order chi connectivity index (χ1) is 9.24. The van der Waals surface area contributed by atoms with E-state index in [0.29, 0.717) is 13.0 Å². The lowest BCUT2D eigenvalue weighted by Gasteiger charge is -2.14. The molecule has 0 aliphatic rings. The van der Waals surface area contributed by atoms with Gasteiger partial charge in [0.05, 0.1) is 6.61 Å². The molecule has 1 unspecified atom stereocenters. The summed E-state index contributed by atoms with van der Waals surface area (Å²) in [7, 11) is 0. The highest BCUT2D eigenvalue weighted by Crippen LogP contribution is 2.13. The fourth-order valence-corrected chi connectivity index (χ4v) is 2.03. The molecule has 0 aliphatic heterocycles. The van der Waals surface area contributed by atoms with Crippen LogP contribution in [0.3, 0.4) is 0 Å². The monoisotopic (exact) mass is 272 g/mol. The SMILES string of the molecule is CCCCC(CC)COCCCCCC(=O)OCC. The van der Waals surface area contributed by atoms with Crippen LogP contribution in [0, 0.1) is 5.92 Å². The molecular formula is C16H32O3. The lowest BCUT2D eigenvalue weighted by atomic mass is 10.0. The maximum absolute atomic E-state index is 11.1. The molecule has 0 aromatic heterocycles. The van der Waals surface area contributed by atoms with E-state index >= 15 is 0 Å². The number of esters is 1. The number of carbonyl (C=O) groups excluding carboxylic acids is 1. The first-order valence-corrected chi connectivity index (χ1v) is 7.97. The summed E-state index contributed by atoms with van der Waals surface area (Å²) in [4.78, 5) is 11.1. The van der Waals surface area contributed by atoms with Gasteiger partial charge >= 0.3 is 5.97 Å². The Kier molecular flexibility index (Phi) is 13.4. The standard InChI is InChI=1S/C16H32O3/c1-4-7-11-15(5-2)14-18-13-10-8-9-12-16(17)19-6-3/h15H,4-14H2,1-3H3. The average molecular weight is 272 g/mol. The van der Waals surface area contributed by atoms with Crippen molar-refractivity contribution in [3.8, 4) is 0 Å². The molecule has 0 saturated heterocycles. The van der Waals surface area contributed by atoms with E-state index in [1.54, 1.807) is 0 Å². The summed E-state index contributed by atoms with van der Waals surface area (Å²) in [5, 5.41) is 0. The van der Waals surface area contributed by atoms with Crippen LogP contribution in [0.4, 0.5) is 0 Å². The second-order valence-electron chi connectivity index (χ2n) is 5.11. The highest BCUT2D eigenvalue weighted by molar-refractivity contribution is 5.69. The van der Waals surface area contributed by atoms with E-state index < -0.39 is 0 Å². The van der Waals surface area contributed by atoms with Crippen LogP contribution in [0.25, 0.3) is 0 Å². The molecule has 0 rings (SSSR count). The quantitative estimate of drug-likeness (QED) is 0.369. The van der Waals surface area contributed by atoms with E-state index in [1.807, 2.05) is 6.92 Å². The lowest BCUT2D eigenvalue weighted by Crippen LogP contribution is -2.09. The summed E-state index contributed by atoms with van der Waals surface area (Å²) in [6, 6.07) is 0. The molecule has 0 saturated carbocycles. The topological polar surface area (TPSA) is 35.5 Å². The molecular weight excluding hydrogens is 240 g/mol. The molecule has 0 radical (unpaired) electrons. The van der Waals surface area contributed by atoms with E-state index in [9.17, 15) is 4.79 Å². The smallest absolute Gasteiger partial charge is 0.305 e. The van der Waals surface area contributed by atoms with Gasteiger partial charge in [-0.05, 0) is 32.1 Å². The molecule has 0 amide bonds. The molecule has 19 heavy (non-hydrogen) atoms. The van der Waals surface area contributed by atoms with E-state index in [4.69, 9.17) is 9.47 Å². The van der Waals surface area contributed by atoms with Gasteiger partial charge in [0.2, 0.25) is 0 Å². The maximum atomic E-state index is 11.1. The van der Waals surface area contributed by atoms with Crippen molar-refractivity contribution in [3.05, 3.63) is 0 Å². The van der Waals surface area contributed by atoms with Gasteiger partial charge in [-0.1, -0.05) is 39.5 Å². The van der Waals surface area contributed by atoms with Crippen molar-refractivity contribution in [1.82, 2.24) is 0 Å². The van der Waals surface area contributed by atoms with Crippen LogP contribution in [0.15, 0.2) is 0 Å². The molecule has 0 aromatic carbocycles. The fraction of sp³-hybridized carbons (Fsp3) is 0.938. The normalized spacial score (nSPS) is 12.4. The molecule has 0 N–H and O–H groups in total. The highest BCUT2D eigenvalue weighted by Gasteiger charge is 2.05. The fourth-order valence-electron chi connectivity index (χ4n) is 2.03. The van der Waals surface area contributed by atoms with Crippen molar-refractivity contribution in [2.24, 2.45) is 5.92 Å². The molecule has 0 aromatic rings. The summed E-state index contributed by atoms with van der Waals surface area (Å²) in [5.41, 5.74) is 0. The zero-order valence-electron chi connectivity index (χ0n) is 13.1. The Morgan fingerprint density at radius 1 is 1.05 bits per heavy atom. The Morgan fingerprint density at radius 2 is 1.84 bits per heavy atom. The Hall–Kier alpha value is -0.570. The van der Waals surface area contributed by atoms with Gasteiger partial charge in [-0.2, -0.15) is 0 Å². The van der Waals surface area contributed by atoms with E-state index in [2.05, 4.69) is 13.8 Å². The third kappa shape index (κ3) is 12.2. The Bertz CT molecular complexity index is 204. The van der Waals surface area contributed by atoms with Crippen LogP contribution in [0.5, 0.6) is 0 Å². The van der Waals surface area contributed by atoms with Gasteiger partial charge in [-0.25, -0.2) is 0 Å². The Labute approximate surface area is 119 Å². The molecule has 3 nitrogen and oxygen atoms in total. The maximum Gasteiger partial charge on any atom is 0.305 e. The number of rotatable bonds is 13. The summed E-state index contributed by atoms with van der Waals surface area (Å²) >= 11 is 0.